The fourth-order valence-corrected chi connectivity index (χ4v) is 2.29. The van der Waals surface area contributed by atoms with Crippen LogP contribution >= 0.6 is 11.8 Å². The minimum atomic E-state index is -2.23. The Bertz CT molecular complexity index is 129. The number of halogens is 2. The summed E-state index contributed by atoms with van der Waals surface area (Å²) in [5.74, 6) is 2.28. The minimum absolute atomic E-state index is 0.181. The molecule has 0 aromatic heterocycles. The van der Waals surface area contributed by atoms with Gasteiger partial charge in [-0.05, 0) is 13.0 Å². The van der Waals surface area contributed by atoms with Crippen molar-refractivity contribution < 1.29 is 8.78 Å². The van der Waals surface area contributed by atoms with Gasteiger partial charge in [-0.25, -0.2) is 8.78 Å². The molecule has 1 unspecified atom stereocenters. The number of alkyl halides is 2. The van der Waals surface area contributed by atoms with Gasteiger partial charge in [0.2, 0.25) is 0 Å². The van der Waals surface area contributed by atoms with Gasteiger partial charge in [0.25, 0.3) is 6.43 Å². The van der Waals surface area contributed by atoms with Crippen LogP contribution in [0.1, 0.15) is 6.42 Å². The molecule has 78 valence electrons. The highest BCUT2D eigenvalue weighted by Crippen LogP contribution is 2.09. The molecule has 1 saturated heterocycles. The zero-order valence-corrected chi connectivity index (χ0v) is 8.38. The maximum atomic E-state index is 11.7. The van der Waals surface area contributed by atoms with Crippen LogP contribution in [0.25, 0.3) is 0 Å². The van der Waals surface area contributed by atoms with E-state index in [-0.39, 0.29) is 6.54 Å². The maximum absolute atomic E-state index is 11.7. The lowest BCUT2D eigenvalue weighted by Gasteiger charge is -2.23. The van der Waals surface area contributed by atoms with Gasteiger partial charge in [-0.2, -0.15) is 11.8 Å². The van der Waals surface area contributed by atoms with E-state index in [1.54, 1.807) is 0 Å². The van der Waals surface area contributed by atoms with Crippen molar-refractivity contribution in [3.63, 3.8) is 0 Å². The monoisotopic (exact) mass is 210 g/mol. The van der Waals surface area contributed by atoms with Gasteiger partial charge in [-0.1, -0.05) is 0 Å². The zero-order chi connectivity index (χ0) is 9.52. The molecule has 0 spiro atoms. The molecule has 0 aromatic carbocycles. The molecule has 1 aliphatic rings. The molecule has 1 heterocycles. The Balaban J connectivity index is 1.92. The van der Waals surface area contributed by atoms with Crippen molar-refractivity contribution in [1.82, 2.24) is 10.6 Å². The number of hydrogen-bond donors (Lipinski definition) is 2. The number of nitrogens with one attached hydrogen (secondary N) is 2. The van der Waals surface area contributed by atoms with Crippen LogP contribution in [-0.2, 0) is 0 Å². The second-order valence-electron chi connectivity index (χ2n) is 3.11. The summed E-state index contributed by atoms with van der Waals surface area (Å²) in [6, 6.07) is 0.504. The van der Waals surface area contributed by atoms with E-state index in [1.165, 1.54) is 5.75 Å². The van der Waals surface area contributed by atoms with E-state index in [1.807, 2.05) is 11.8 Å². The molecule has 0 aliphatic carbocycles. The van der Waals surface area contributed by atoms with Gasteiger partial charge in [0.1, 0.15) is 0 Å². The van der Waals surface area contributed by atoms with Crippen LogP contribution in [-0.4, -0.2) is 43.6 Å². The lowest BCUT2D eigenvalue weighted by molar-refractivity contribution is 0.145. The van der Waals surface area contributed by atoms with Crippen LogP contribution in [0.3, 0.4) is 0 Å². The molecule has 0 amide bonds. The van der Waals surface area contributed by atoms with E-state index >= 15 is 0 Å². The first-order valence-electron chi connectivity index (χ1n) is 4.59. The van der Waals surface area contributed by atoms with Crippen LogP contribution in [0, 0.1) is 0 Å². The second kappa shape index (κ2) is 6.56. The summed E-state index contributed by atoms with van der Waals surface area (Å²) in [5, 5.41) is 6.09. The summed E-state index contributed by atoms with van der Waals surface area (Å²) in [7, 11) is 0. The van der Waals surface area contributed by atoms with E-state index in [9.17, 15) is 8.78 Å². The van der Waals surface area contributed by atoms with Crippen molar-refractivity contribution in [3.8, 4) is 0 Å². The highest BCUT2D eigenvalue weighted by Gasteiger charge is 2.12. The molecule has 2 N–H and O–H groups in total. The first kappa shape index (κ1) is 11.2. The summed E-state index contributed by atoms with van der Waals surface area (Å²) in [4.78, 5) is 0. The molecule has 2 nitrogen and oxygen atoms in total. The lowest BCUT2D eigenvalue weighted by atomic mass is 10.2. The first-order chi connectivity index (χ1) is 6.29. The van der Waals surface area contributed by atoms with Gasteiger partial charge in [0.05, 0.1) is 6.54 Å². The van der Waals surface area contributed by atoms with Crippen LogP contribution in [0.15, 0.2) is 0 Å². The van der Waals surface area contributed by atoms with Crippen LogP contribution < -0.4 is 10.6 Å². The Labute approximate surface area is 81.8 Å². The number of hydrogen-bond acceptors (Lipinski definition) is 3. The van der Waals surface area contributed by atoms with Gasteiger partial charge in [-0.15, -0.1) is 0 Å². The smallest absolute Gasteiger partial charge is 0.250 e. The average molecular weight is 210 g/mol. The third kappa shape index (κ3) is 5.44. The van der Waals surface area contributed by atoms with Crippen molar-refractivity contribution in [2.45, 2.75) is 18.9 Å². The van der Waals surface area contributed by atoms with Crippen molar-refractivity contribution in [2.75, 3.05) is 31.1 Å². The van der Waals surface area contributed by atoms with Gasteiger partial charge in [0.15, 0.2) is 0 Å². The summed E-state index contributed by atoms with van der Waals surface area (Å²) in [6.45, 7) is 1.55. The van der Waals surface area contributed by atoms with Gasteiger partial charge in [-0.3, -0.25) is 0 Å². The predicted molar refractivity (Wildman–Crippen MR) is 52.6 cm³/mol. The Hall–Kier alpha value is 0.130. The quantitative estimate of drug-likeness (QED) is 0.660. The van der Waals surface area contributed by atoms with E-state index in [0.717, 1.165) is 18.7 Å². The fourth-order valence-electron chi connectivity index (χ4n) is 1.29. The van der Waals surface area contributed by atoms with Crippen molar-refractivity contribution in [2.24, 2.45) is 0 Å². The maximum Gasteiger partial charge on any atom is 0.250 e. The Kier molecular flexibility index (Phi) is 5.66. The molecular weight excluding hydrogens is 194 g/mol. The molecular formula is C8H16F2N2S. The second-order valence-corrected chi connectivity index (χ2v) is 4.26. The average Bonchev–Trinajstić information content (AvgIpc) is 2.14. The van der Waals surface area contributed by atoms with E-state index < -0.39 is 6.43 Å². The molecule has 0 saturated carbocycles. The Morgan fingerprint density at radius 3 is 3.00 bits per heavy atom. The molecule has 5 heteroatoms. The summed E-state index contributed by atoms with van der Waals surface area (Å²) in [5.41, 5.74) is 0. The molecule has 1 rings (SSSR count). The van der Waals surface area contributed by atoms with E-state index in [4.69, 9.17) is 0 Å². The largest absolute Gasteiger partial charge is 0.312 e. The van der Waals surface area contributed by atoms with Crippen LogP contribution in [0.5, 0.6) is 0 Å². The molecule has 13 heavy (non-hydrogen) atoms. The lowest BCUT2D eigenvalue weighted by Crippen LogP contribution is -2.39. The number of rotatable bonds is 5. The van der Waals surface area contributed by atoms with Crippen LogP contribution in [0.2, 0.25) is 0 Å². The summed E-state index contributed by atoms with van der Waals surface area (Å²) >= 11 is 1.93. The highest BCUT2D eigenvalue weighted by atomic mass is 32.2. The van der Waals surface area contributed by atoms with E-state index in [0.29, 0.717) is 12.6 Å². The minimum Gasteiger partial charge on any atom is -0.312 e. The predicted octanol–water partition coefficient (Wildman–Crippen LogP) is 0.936. The normalized spacial score (nSPS) is 23.8. The molecule has 0 aromatic rings. The first-order valence-corrected chi connectivity index (χ1v) is 5.74. The third-order valence-corrected chi connectivity index (χ3v) is 3.10. The van der Waals surface area contributed by atoms with Gasteiger partial charge < -0.3 is 10.6 Å². The highest BCUT2D eigenvalue weighted by molar-refractivity contribution is 7.99. The third-order valence-electron chi connectivity index (χ3n) is 1.97. The summed E-state index contributed by atoms with van der Waals surface area (Å²) < 4.78 is 23.4. The SMILES string of the molecule is FC(F)CNCCC1CSCCN1. The topological polar surface area (TPSA) is 24.1 Å². The van der Waals surface area contributed by atoms with Gasteiger partial charge >= 0.3 is 0 Å². The van der Waals surface area contributed by atoms with Gasteiger partial charge in [0, 0.05) is 24.1 Å². The van der Waals surface area contributed by atoms with Crippen LogP contribution in [0.4, 0.5) is 8.78 Å². The number of thioether (sulfide) groups is 1. The molecule has 0 bridgehead atoms. The van der Waals surface area contributed by atoms with Crippen molar-refractivity contribution in [1.29, 1.82) is 0 Å². The van der Waals surface area contributed by atoms with Crippen molar-refractivity contribution >= 4 is 11.8 Å². The van der Waals surface area contributed by atoms with Crippen molar-refractivity contribution in [3.05, 3.63) is 0 Å². The molecule has 1 fully saturated rings. The zero-order valence-electron chi connectivity index (χ0n) is 7.56. The molecule has 1 atom stereocenters. The standard InChI is InChI=1S/C8H16F2N2S/c9-8(10)5-11-2-1-7-6-13-4-3-12-7/h7-8,11-12H,1-6H2. The Morgan fingerprint density at radius 1 is 1.54 bits per heavy atom. The molecule has 1 aliphatic heterocycles. The Morgan fingerprint density at radius 2 is 2.38 bits per heavy atom. The fraction of sp³-hybridized carbons (Fsp3) is 1.00. The summed E-state index contributed by atoms with van der Waals surface area (Å²) in [6.07, 6.45) is -1.28. The molecule has 0 radical (unpaired) electrons. The van der Waals surface area contributed by atoms with E-state index in [2.05, 4.69) is 10.6 Å².